The molecule has 86 valence electrons. The molecule has 3 nitrogen and oxygen atoms in total. The summed E-state index contributed by atoms with van der Waals surface area (Å²) in [5.41, 5.74) is 0.954. The number of rotatable bonds is 6. The van der Waals surface area contributed by atoms with Crippen molar-refractivity contribution < 1.29 is 9.53 Å². The third-order valence-corrected chi connectivity index (χ3v) is 2.17. The molecule has 0 spiro atoms. The summed E-state index contributed by atoms with van der Waals surface area (Å²) in [6, 6.07) is 7.52. The number of methoxy groups -OCH3 is 1. The Labute approximate surface area is 96.1 Å². The Morgan fingerprint density at radius 1 is 1.56 bits per heavy atom. The monoisotopic (exact) mass is 219 g/mol. The van der Waals surface area contributed by atoms with Gasteiger partial charge in [0.15, 0.2) is 0 Å². The minimum atomic E-state index is 0.0232. The molecule has 0 aromatic heterocycles. The summed E-state index contributed by atoms with van der Waals surface area (Å²) in [6.07, 6.45) is 2.96. The van der Waals surface area contributed by atoms with E-state index in [-0.39, 0.29) is 5.91 Å². The molecule has 0 bridgehead atoms. The predicted octanol–water partition coefficient (Wildman–Crippen LogP) is 1.93. The Balaban J connectivity index is 2.45. The third kappa shape index (κ3) is 4.17. The first-order chi connectivity index (χ1) is 7.76. The fourth-order valence-corrected chi connectivity index (χ4v) is 1.34. The molecule has 0 aliphatic heterocycles. The molecule has 0 heterocycles. The van der Waals surface area contributed by atoms with Gasteiger partial charge in [-0.05, 0) is 24.1 Å². The van der Waals surface area contributed by atoms with Crippen molar-refractivity contribution in [2.75, 3.05) is 13.7 Å². The molecule has 0 aliphatic rings. The predicted molar refractivity (Wildman–Crippen MR) is 64.5 cm³/mol. The Morgan fingerprint density at radius 2 is 2.38 bits per heavy atom. The molecule has 0 unspecified atom stereocenters. The maximum Gasteiger partial charge on any atom is 0.224 e. The number of nitrogens with one attached hydrogen (secondary N) is 1. The fourth-order valence-electron chi connectivity index (χ4n) is 1.34. The number of benzene rings is 1. The third-order valence-electron chi connectivity index (χ3n) is 2.17. The number of amides is 1. The zero-order chi connectivity index (χ0) is 11.8. The molecule has 1 amide bonds. The number of hydrogen-bond acceptors (Lipinski definition) is 2. The zero-order valence-electron chi connectivity index (χ0n) is 9.53. The van der Waals surface area contributed by atoms with E-state index >= 15 is 0 Å². The van der Waals surface area contributed by atoms with Gasteiger partial charge in [-0.3, -0.25) is 4.79 Å². The minimum Gasteiger partial charge on any atom is -0.497 e. The van der Waals surface area contributed by atoms with E-state index in [9.17, 15) is 4.79 Å². The summed E-state index contributed by atoms with van der Waals surface area (Å²) >= 11 is 0. The van der Waals surface area contributed by atoms with Crippen LogP contribution in [0.3, 0.4) is 0 Å². The first-order valence-electron chi connectivity index (χ1n) is 5.27. The van der Waals surface area contributed by atoms with Crippen LogP contribution in [-0.2, 0) is 11.2 Å². The Morgan fingerprint density at radius 3 is 3.06 bits per heavy atom. The van der Waals surface area contributed by atoms with E-state index in [0.717, 1.165) is 17.7 Å². The Hall–Kier alpha value is -1.77. The molecule has 0 radical (unpaired) electrons. The second-order valence-electron chi connectivity index (χ2n) is 3.46. The van der Waals surface area contributed by atoms with Crippen LogP contribution in [0.25, 0.3) is 0 Å². The first kappa shape index (κ1) is 12.3. The lowest BCUT2D eigenvalue weighted by Crippen LogP contribution is -2.25. The van der Waals surface area contributed by atoms with Crippen LogP contribution in [0.4, 0.5) is 0 Å². The van der Waals surface area contributed by atoms with Crippen molar-refractivity contribution in [3.05, 3.63) is 42.5 Å². The van der Waals surface area contributed by atoms with Crippen LogP contribution in [0.1, 0.15) is 12.0 Å². The van der Waals surface area contributed by atoms with Crippen LogP contribution in [0.2, 0.25) is 0 Å². The summed E-state index contributed by atoms with van der Waals surface area (Å²) in [6.45, 7) is 4.24. The minimum absolute atomic E-state index is 0.0232. The van der Waals surface area contributed by atoms with E-state index in [4.69, 9.17) is 4.74 Å². The van der Waals surface area contributed by atoms with Crippen LogP contribution < -0.4 is 10.1 Å². The van der Waals surface area contributed by atoms with E-state index in [1.165, 1.54) is 0 Å². The number of carbonyl (C=O) groups excluding carboxylic acids is 1. The number of ether oxygens (including phenoxy) is 1. The van der Waals surface area contributed by atoms with Crippen LogP contribution in [0, 0.1) is 0 Å². The Kier molecular flexibility index (Phi) is 5.12. The number of hydrogen-bond donors (Lipinski definition) is 1. The second-order valence-corrected chi connectivity index (χ2v) is 3.46. The maximum absolute atomic E-state index is 11.5. The van der Waals surface area contributed by atoms with E-state index in [2.05, 4.69) is 11.9 Å². The van der Waals surface area contributed by atoms with Gasteiger partial charge in [-0.15, -0.1) is 6.58 Å². The first-order valence-corrected chi connectivity index (χ1v) is 5.27. The van der Waals surface area contributed by atoms with Crippen LogP contribution in [0.15, 0.2) is 36.9 Å². The molecule has 16 heavy (non-hydrogen) atoms. The van der Waals surface area contributed by atoms with E-state index in [1.807, 2.05) is 24.3 Å². The van der Waals surface area contributed by atoms with Gasteiger partial charge in [0, 0.05) is 6.54 Å². The lowest BCUT2D eigenvalue weighted by molar-refractivity contribution is -0.120. The lowest BCUT2D eigenvalue weighted by Gasteiger charge is -2.05. The Bertz CT molecular complexity index is 361. The number of carbonyl (C=O) groups is 1. The molecule has 0 fully saturated rings. The average molecular weight is 219 g/mol. The molecule has 1 N–H and O–H groups in total. The topological polar surface area (TPSA) is 38.3 Å². The SMILES string of the molecule is C=CCCNC(=O)Cc1cccc(OC)c1. The van der Waals surface area contributed by atoms with Crippen molar-refractivity contribution in [3.8, 4) is 5.75 Å². The van der Waals surface area contributed by atoms with Crippen LogP contribution in [-0.4, -0.2) is 19.6 Å². The van der Waals surface area contributed by atoms with Gasteiger partial charge in [-0.25, -0.2) is 0 Å². The summed E-state index contributed by atoms with van der Waals surface area (Å²) in [5.74, 6) is 0.798. The van der Waals surface area contributed by atoms with E-state index in [1.54, 1.807) is 13.2 Å². The van der Waals surface area contributed by atoms with Gasteiger partial charge in [0.1, 0.15) is 5.75 Å². The lowest BCUT2D eigenvalue weighted by atomic mass is 10.1. The molecule has 0 atom stereocenters. The summed E-state index contributed by atoms with van der Waals surface area (Å²) < 4.78 is 5.09. The average Bonchev–Trinajstić information content (AvgIpc) is 2.29. The zero-order valence-corrected chi connectivity index (χ0v) is 9.53. The highest BCUT2D eigenvalue weighted by Gasteiger charge is 2.03. The van der Waals surface area contributed by atoms with Crippen molar-refractivity contribution in [3.63, 3.8) is 0 Å². The van der Waals surface area contributed by atoms with Crippen molar-refractivity contribution >= 4 is 5.91 Å². The molecule has 1 aromatic rings. The van der Waals surface area contributed by atoms with Gasteiger partial charge in [0.05, 0.1) is 13.5 Å². The molecule has 1 rings (SSSR count). The molecular weight excluding hydrogens is 202 g/mol. The standard InChI is InChI=1S/C13H17NO2/c1-3-4-8-14-13(15)10-11-6-5-7-12(9-11)16-2/h3,5-7,9H,1,4,8,10H2,2H3,(H,14,15). The highest BCUT2D eigenvalue weighted by Crippen LogP contribution is 2.12. The molecule has 0 saturated carbocycles. The van der Waals surface area contributed by atoms with Crippen molar-refractivity contribution in [1.82, 2.24) is 5.32 Å². The quantitative estimate of drug-likeness (QED) is 0.586. The van der Waals surface area contributed by atoms with Gasteiger partial charge in [0.2, 0.25) is 5.91 Å². The van der Waals surface area contributed by atoms with Gasteiger partial charge in [-0.1, -0.05) is 18.2 Å². The van der Waals surface area contributed by atoms with Gasteiger partial charge in [0.25, 0.3) is 0 Å². The largest absolute Gasteiger partial charge is 0.497 e. The fraction of sp³-hybridized carbons (Fsp3) is 0.308. The van der Waals surface area contributed by atoms with Gasteiger partial charge < -0.3 is 10.1 Å². The van der Waals surface area contributed by atoms with E-state index in [0.29, 0.717) is 13.0 Å². The van der Waals surface area contributed by atoms with Crippen molar-refractivity contribution in [2.24, 2.45) is 0 Å². The van der Waals surface area contributed by atoms with E-state index < -0.39 is 0 Å². The molecule has 3 heteroatoms. The normalized spacial score (nSPS) is 9.56. The summed E-state index contributed by atoms with van der Waals surface area (Å²) in [4.78, 5) is 11.5. The highest BCUT2D eigenvalue weighted by molar-refractivity contribution is 5.78. The molecule has 1 aromatic carbocycles. The van der Waals surface area contributed by atoms with Crippen molar-refractivity contribution in [1.29, 1.82) is 0 Å². The second kappa shape index (κ2) is 6.67. The van der Waals surface area contributed by atoms with Crippen LogP contribution in [0.5, 0.6) is 5.75 Å². The van der Waals surface area contributed by atoms with Crippen molar-refractivity contribution in [2.45, 2.75) is 12.8 Å². The summed E-state index contributed by atoms with van der Waals surface area (Å²) in [5, 5.41) is 2.82. The van der Waals surface area contributed by atoms with Crippen LogP contribution >= 0.6 is 0 Å². The summed E-state index contributed by atoms with van der Waals surface area (Å²) in [7, 11) is 1.61. The van der Waals surface area contributed by atoms with Gasteiger partial charge >= 0.3 is 0 Å². The van der Waals surface area contributed by atoms with Gasteiger partial charge in [-0.2, -0.15) is 0 Å². The smallest absolute Gasteiger partial charge is 0.224 e. The maximum atomic E-state index is 11.5. The molecule has 0 saturated heterocycles. The highest BCUT2D eigenvalue weighted by atomic mass is 16.5. The molecular formula is C13H17NO2. The molecule has 0 aliphatic carbocycles.